The van der Waals surface area contributed by atoms with E-state index in [0.29, 0.717) is 0 Å². The van der Waals surface area contributed by atoms with Crippen LogP contribution in [-0.2, 0) is 6.42 Å². The monoisotopic (exact) mass is 169 g/mol. The van der Waals surface area contributed by atoms with E-state index in [0.717, 1.165) is 6.54 Å². The predicted molar refractivity (Wildman–Crippen MR) is 50.9 cm³/mol. The Balaban J connectivity index is 2.04. The van der Waals surface area contributed by atoms with Gasteiger partial charge in [-0.2, -0.15) is 0 Å². The van der Waals surface area contributed by atoms with Crippen LogP contribution in [0.25, 0.3) is 0 Å². The lowest BCUT2D eigenvalue weighted by Crippen LogP contribution is -1.97. The molecule has 0 atom stereocenters. The summed E-state index contributed by atoms with van der Waals surface area (Å²) in [5.41, 5.74) is 5.39. The molecule has 0 fully saturated rings. The van der Waals surface area contributed by atoms with E-state index < -0.39 is 0 Å². The molecule has 1 nitrogen and oxygen atoms in total. The van der Waals surface area contributed by atoms with Crippen molar-refractivity contribution < 1.29 is 0 Å². The number of nitrogens with two attached hydrogens (primary N) is 1. The number of unbranched alkanes of at least 4 members (excludes halogenated alkanes) is 2. The van der Waals surface area contributed by atoms with Crippen LogP contribution in [0.3, 0.4) is 0 Å². The molecule has 0 saturated heterocycles. The summed E-state index contributed by atoms with van der Waals surface area (Å²) in [6.07, 6.45) is 4.97. The summed E-state index contributed by atoms with van der Waals surface area (Å²) in [5, 5.41) is 2.14. The molecular weight excluding hydrogens is 154 g/mol. The smallest absolute Gasteiger partial charge is 0.00452 e. The number of hydrogen-bond donors (Lipinski definition) is 1. The summed E-state index contributed by atoms with van der Waals surface area (Å²) < 4.78 is 0. The SMILES string of the molecule is NCCCCCc1cccs1. The highest BCUT2D eigenvalue weighted by Gasteiger charge is 1.92. The van der Waals surface area contributed by atoms with Gasteiger partial charge in [0.1, 0.15) is 0 Å². The van der Waals surface area contributed by atoms with Gasteiger partial charge in [-0.25, -0.2) is 0 Å². The van der Waals surface area contributed by atoms with Gasteiger partial charge in [0.15, 0.2) is 0 Å². The first kappa shape index (κ1) is 8.75. The third-order valence-electron chi connectivity index (χ3n) is 1.71. The molecular formula is C9H15NS. The quantitative estimate of drug-likeness (QED) is 0.673. The number of hydrogen-bond acceptors (Lipinski definition) is 2. The van der Waals surface area contributed by atoms with Gasteiger partial charge in [0.25, 0.3) is 0 Å². The first-order valence-electron chi connectivity index (χ1n) is 4.16. The van der Waals surface area contributed by atoms with Crippen molar-refractivity contribution in [2.45, 2.75) is 25.7 Å². The molecule has 2 heteroatoms. The van der Waals surface area contributed by atoms with Crippen LogP contribution in [0.2, 0.25) is 0 Å². The molecule has 0 amide bonds. The van der Waals surface area contributed by atoms with E-state index in [4.69, 9.17) is 5.73 Å². The van der Waals surface area contributed by atoms with Crippen LogP contribution >= 0.6 is 11.3 Å². The van der Waals surface area contributed by atoms with Crippen LogP contribution in [0.5, 0.6) is 0 Å². The highest BCUT2D eigenvalue weighted by molar-refractivity contribution is 7.09. The predicted octanol–water partition coefficient (Wildman–Crippen LogP) is 2.42. The standard InChI is InChI=1S/C9H15NS/c10-7-3-1-2-5-9-6-4-8-11-9/h4,6,8H,1-3,5,7,10H2. The van der Waals surface area contributed by atoms with Gasteiger partial charge >= 0.3 is 0 Å². The highest BCUT2D eigenvalue weighted by Crippen LogP contribution is 2.12. The van der Waals surface area contributed by atoms with E-state index in [1.165, 1.54) is 30.6 Å². The fourth-order valence-corrected chi connectivity index (χ4v) is 1.83. The van der Waals surface area contributed by atoms with Crippen molar-refractivity contribution >= 4 is 11.3 Å². The van der Waals surface area contributed by atoms with Crippen LogP contribution in [0, 0.1) is 0 Å². The zero-order valence-corrected chi connectivity index (χ0v) is 7.57. The van der Waals surface area contributed by atoms with Gasteiger partial charge in [0.2, 0.25) is 0 Å². The largest absolute Gasteiger partial charge is 0.330 e. The van der Waals surface area contributed by atoms with Crippen molar-refractivity contribution in [3.8, 4) is 0 Å². The molecule has 1 aromatic heterocycles. The molecule has 0 unspecified atom stereocenters. The van der Waals surface area contributed by atoms with Crippen LogP contribution in [-0.4, -0.2) is 6.54 Å². The topological polar surface area (TPSA) is 26.0 Å². The Morgan fingerprint density at radius 1 is 1.27 bits per heavy atom. The van der Waals surface area contributed by atoms with Gasteiger partial charge in [0, 0.05) is 4.88 Å². The molecule has 2 N–H and O–H groups in total. The summed E-state index contributed by atoms with van der Waals surface area (Å²) in [6, 6.07) is 4.32. The second kappa shape index (κ2) is 5.33. The summed E-state index contributed by atoms with van der Waals surface area (Å²) in [4.78, 5) is 1.50. The lowest BCUT2D eigenvalue weighted by molar-refractivity contribution is 0.690. The van der Waals surface area contributed by atoms with Gasteiger partial charge in [-0.05, 0) is 37.3 Å². The Hall–Kier alpha value is -0.340. The number of thiophene rings is 1. The second-order valence-corrected chi connectivity index (χ2v) is 3.71. The Bertz CT molecular complexity index is 170. The van der Waals surface area contributed by atoms with Crippen molar-refractivity contribution in [2.24, 2.45) is 5.73 Å². The minimum atomic E-state index is 0.838. The van der Waals surface area contributed by atoms with E-state index in [1.807, 2.05) is 11.3 Å². The number of rotatable bonds is 5. The van der Waals surface area contributed by atoms with Crippen molar-refractivity contribution in [3.63, 3.8) is 0 Å². The van der Waals surface area contributed by atoms with Crippen molar-refractivity contribution in [3.05, 3.63) is 22.4 Å². The molecule has 11 heavy (non-hydrogen) atoms. The molecule has 0 bridgehead atoms. The van der Waals surface area contributed by atoms with Crippen LogP contribution in [0.15, 0.2) is 17.5 Å². The maximum Gasteiger partial charge on any atom is 0.00452 e. The van der Waals surface area contributed by atoms with Crippen LogP contribution < -0.4 is 5.73 Å². The van der Waals surface area contributed by atoms with Gasteiger partial charge < -0.3 is 5.73 Å². The molecule has 0 aliphatic rings. The van der Waals surface area contributed by atoms with Crippen LogP contribution in [0.4, 0.5) is 0 Å². The Morgan fingerprint density at radius 2 is 2.18 bits per heavy atom. The second-order valence-electron chi connectivity index (χ2n) is 2.68. The summed E-state index contributed by atoms with van der Waals surface area (Å²) in [6.45, 7) is 0.838. The Morgan fingerprint density at radius 3 is 2.82 bits per heavy atom. The van der Waals surface area contributed by atoms with E-state index in [1.54, 1.807) is 0 Å². The van der Waals surface area contributed by atoms with E-state index >= 15 is 0 Å². The van der Waals surface area contributed by atoms with E-state index in [-0.39, 0.29) is 0 Å². The molecule has 1 rings (SSSR count). The molecule has 1 heterocycles. The van der Waals surface area contributed by atoms with Gasteiger partial charge in [-0.1, -0.05) is 12.5 Å². The molecule has 0 spiro atoms. The fourth-order valence-electron chi connectivity index (χ4n) is 1.08. The lowest BCUT2D eigenvalue weighted by atomic mass is 10.2. The molecule has 0 aromatic carbocycles. The molecule has 1 aromatic rings. The fraction of sp³-hybridized carbons (Fsp3) is 0.556. The zero-order valence-electron chi connectivity index (χ0n) is 6.75. The lowest BCUT2D eigenvalue weighted by Gasteiger charge is -1.95. The third kappa shape index (κ3) is 3.54. The molecule has 62 valence electrons. The maximum atomic E-state index is 5.39. The van der Waals surface area contributed by atoms with Gasteiger partial charge in [-0.3, -0.25) is 0 Å². The van der Waals surface area contributed by atoms with Gasteiger partial charge in [-0.15, -0.1) is 11.3 Å². The third-order valence-corrected chi connectivity index (χ3v) is 2.64. The average molecular weight is 169 g/mol. The summed E-state index contributed by atoms with van der Waals surface area (Å²) in [5.74, 6) is 0. The normalized spacial score (nSPS) is 10.3. The van der Waals surface area contributed by atoms with Crippen LogP contribution in [0.1, 0.15) is 24.1 Å². The minimum Gasteiger partial charge on any atom is -0.330 e. The molecule has 0 aliphatic carbocycles. The Kier molecular flexibility index (Phi) is 4.24. The number of aryl methyl sites for hydroxylation is 1. The first-order chi connectivity index (χ1) is 5.43. The molecule has 0 aliphatic heterocycles. The Labute approximate surface area is 72.2 Å². The van der Waals surface area contributed by atoms with E-state index in [9.17, 15) is 0 Å². The molecule has 0 radical (unpaired) electrons. The van der Waals surface area contributed by atoms with E-state index in [2.05, 4.69) is 17.5 Å². The minimum absolute atomic E-state index is 0.838. The van der Waals surface area contributed by atoms with Gasteiger partial charge in [0.05, 0.1) is 0 Å². The van der Waals surface area contributed by atoms with Crippen molar-refractivity contribution in [1.82, 2.24) is 0 Å². The van der Waals surface area contributed by atoms with Crippen molar-refractivity contribution in [1.29, 1.82) is 0 Å². The zero-order chi connectivity index (χ0) is 7.94. The molecule has 0 saturated carbocycles. The highest BCUT2D eigenvalue weighted by atomic mass is 32.1. The summed E-state index contributed by atoms with van der Waals surface area (Å²) >= 11 is 1.85. The first-order valence-corrected chi connectivity index (χ1v) is 5.04. The summed E-state index contributed by atoms with van der Waals surface area (Å²) in [7, 11) is 0. The average Bonchev–Trinajstić information content (AvgIpc) is 2.50. The van der Waals surface area contributed by atoms with Crippen molar-refractivity contribution in [2.75, 3.05) is 6.54 Å². The maximum absolute atomic E-state index is 5.39.